The minimum absolute atomic E-state index is 0. The van der Waals surface area contributed by atoms with Crippen molar-refractivity contribution in [2.24, 2.45) is 11.8 Å². The number of pyridine rings is 2. The van der Waals surface area contributed by atoms with Gasteiger partial charge in [0.2, 0.25) is 11.8 Å². The Bertz CT molecular complexity index is 1300. The van der Waals surface area contributed by atoms with Gasteiger partial charge >= 0.3 is 37.7 Å². The fraction of sp³-hybridized carbons (Fsp3) is 0.400. The van der Waals surface area contributed by atoms with Gasteiger partial charge in [-0.3, -0.25) is 19.6 Å². The standard InChI is InChI=1S/2C15H16N2O3.2Li/c2*18-14(11-1-2-11)17-5-3-10(4-6-17)12-7-13(15(19)20)9-16-8-12;;/h2*3,7-9,11H,1-2,4-6H2,(H,19,20);;/q;;2*+1/p-2. The van der Waals surface area contributed by atoms with Crippen molar-refractivity contribution >= 4 is 34.9 Å². The molecule has 12 heteroatoms. The molecule has 0 saturated heterocycles. The molecule has 0 unspecified atom stereocenters. The maximum absolute atomic E-state index is 11.9. The van der Waals surface area contributed by atoms with Crippen LogP contribution >= 0.6 is 0 Å². The average molecular weight is 556 g/mol. The van der Waals surface area contributed by atoms with Crippen LogP contribution in [-0.4, -0.2) is 69.7 Å². The molecule has 4 aliphatic rings. The Kier molecular flexibility index (Phi) is 11.8. The van der Waals surface area contributed by atoms with E-state index in [-0.39, 0.29) is 72.5 Å². The minimum atomic E-state index is -1.22. The zero-order valence-corrected chi connectivity index (χ0v) is 24.1. The van der Waals surface area contributed by atoms with E-state index in [2.05, 4.69) is 9.97 Å². The Hall–Kier alpha value is -3.15. The van der Waals surface area contributed by atoms with Crippen LogP contribution in [0.3, 0.4) is 0 Å². The van der Waals surface area contributed by atoms with Crippen LogP contribution in [0.4, 0.5) is 0 Å². The molecule has 0 N–H and O–H groups in total. The van der Waals surface area contributed by atoms with Crippen molar-refractivity contribution in [2.75, 3.05) is 26.2 Å². The largest absolute Gasteiger partial charge is 1.00 e. The summed E-state index contributed by atoms with van der Waals surface area (Å²) in [6.07, 6.45) is 15.4. The van der Waals surface area contributed by atoms with E-state index in [4.69, 9.17) is 0 Å². The summed E-state index contributed by atoms with van der Waals surface area (Å²) in [6.45, 7) is 2.58. The van der Waals surface area contributed by atoms with E-state index in [0.717, 1.165) is 60.8 Å². The monoisotopic (exact) mass is 556 g/mol. The quantitative estimate of drug-likeness (QED) is 0.322. The van der Waals surface area contributed by atoms with Crippen LogP contribution in [0.15, 0.2) is 49.1 Å². The predicted molar refractivity (Wildman–Crippen MR) is 141 cm³/mol. The number of rotatable bonds is 6. The van der Waals surface area contributed by atoms with Gasteiger partial charge in [-0.05, 0) is 72.9 Å². The molecule has 0 atom stereocenters. The summed E-state index contributed by atoms with van der Waals surface area (Å²) in [7, 11) is 0. The second kappa shape index (κ2) is 14.8. The molecular formula is C30H30Li2N4O6. The van der Waals surface area contributed by atoms with Gasteiger partial charge in [0.1, 0.15) is 0 Å². The Labute approximate surface area is 268 Å². The van der Waals surface area contributed by atoms with Crippen LogP contribution in [0.1, 0.15) is 70.4 Å². The average Bonchev–Trinajstić information content (AvgIpc) is 3.91. The van der Waals surface area contributed by atoms with Crippen LogP contribution in [0.2, 0.25) is 0 Å². The van der Waals surface area contributed by atoms with Crippen LogP contribution in [0.25, 0.3) is 11.1 Å². The van der Waals surface area contributed by atoms with Crippen molar-refractivity contribution in [3.8, 4) is 0 Å². The molecule has 42 heavy (non-hydrogen) atoms. The van der Waals surface area contributed by atoms with Crippen molar-refractivity contribution in [1.82, 2.24) is 19.8 Å². The molecule has 2 fully saturated rings. The number of hydrogen-bond acceptors (Lipinski definition) is 8. The van der Waals surface area contributed by atoms with Gasteiger partial charge in [-0.15, -0.1) is 0 Å². The van der Waals surface area contributed by atoms with Crippen molar-refractivity contribution in [3.05, 3.63) is 71.3 Å². The number of carboxylic acids is 2. The van der Waals surface area contributed by atoms with Gasteiger partial charge in [-0.2, -0.15) is 0 Å². The smallest absolute Gasteiger partial charge is 0.545 e. The number of carbonyl (C=O) groups is 4. The number of aromatic nitrogens is 2. The summed E-state index contributed by atoms with van der Waals surface area (Å²) < 4.78 is 0. The van der Waals surface area contributed by atoms with E-state index < -0.39 is 11.9 Å². The van der Waals surface area contributed by atoms with Gasteiger partial charge in [0.05, 0.1) is 11.9 Å². The van der Waals surface area contributed by atoms with Crippen molar-refractivity contribution in [1.29, 1.82) is 0 Å². The molecule has 0 radical (unpaired) electrons. The summed E-state index contributed by atoms with van der Waals surface area (Å²) in [5.74, 6) is -1.45. The first kappa shape index (κ1) is 33.4. The van der Waals surface area contributed by atoms with E-state index in [1.165, 1.54) is 12.4 Å². The van der Waals surface area contributed by atoms with Crippen LogP contribution < -0.4 is 47.9 Å². The summed E-state index contributed by atoms with van der Waals surface area (Å²) >= 11 is 0. The Balaban J connectivity index is 0.000000220. The first-order valence-corrected chi connectivity index (χ1v) is 13.6. The molecule has 0 bridgehead atoms. The maximum atomic E-state index is 11.9. The molecule has 2 saturated carbocycles. The van der Waals surface area contributed by atoms with Crippen molar-refractivity contribution in [2.45, 2.75) is 38.5 Å². The Morgan fingerprint density at radius 2 is 1.02 bits per heavy atom. The van der Waals surface area contributed by atoms with E-state index in [1.54, 1.807) is 24.5 Å². The summed E-state index contributed by atoms with van der Waals surface area (Å²) in [5.41, 5.74) is 3.84. The first-order valence-electron chi connectivity index (χ1n) is 13.6. The Morgan fingerprint density at radius 1 is 0.643 bits per heavy atom. The number of carbonyl (C=O) groups excluding carboxylic acids is 4. The fourth-order valence-corrected chi connectivity index (χ4v) is 4.89. The van der Waals surface area contributed by atoms with Crippen LogP contribution in [0, 0.1) is 11.8 Å². The topological polar surface area (TPSA) is 147 Å². The third-order valence-electron chi connectivity index (χ3n) is 7.58. The second-order valence-corrected chi connectivity index (χ2v) is 10.6. The first-order chi connectivity index (χ1) is 19.3. The van der Waals surface area contributed by atoms with Gasteiger partial charge in [0.15, 0.2) is 0 Å². The summed E-state index contributed by atoms with van der Waals surface area (Å²) in [5, 5.41) is 21.7. The van der Waals surface area contributed by atoms with E-state index in [9.17, 15) is 29.4 Å². The molecule has 2 aromatic heterocycles. The van der Waals surface area contributed by atoms with Gasteiger partial charge < -0.3 is 29.6 Å². The molecule has 0 aromatic carbocycles. The van der Waals surface area contributed by atoms with Gasteiger partial charge in [0, 0.05) is 73.9 Å². The molecule has 6 rings (SSSR count). The molecule has 2 aliphatic heterocycles. The predicted octanol–water partition coefficient (Wildman–Crippen LogP) is -5.05. The minimum Gasteiger partial charge on any atom is -0.545 e. The summed E-state index contributed by atoms with van der Waals surface area (Å²) in [4.78, 5) is 57.2. The third kappa shape index (κ3) is 8.46. The van der Waals surface area contributed by atoms with Gasteiger partial charge in [-0.1, -0.05) is 12.2 Å². The Morgan fingerprint density at radius 3 is 1.31 bits per heavy atom. The zero-order valence-electron chi connectivity index (χ0n) is 24.1. The van der Waals surface area contributed by atoms with Crippen LogP contribution in [0.5, 0.6) is 0 Å². The molecule has 2 aliphatic carbocycles. The maximum Gasteiger partial charge on any atom is 1.00 e. The fourth-order valence-electron chi connectivity index (χ4n) is 4.89. The zero-order chi connectivity index (χ0) is 28.2. The number of hydrogen-bond donors (Lipinski definition) is 0. The second-order valence-electron chi connectivity index (χ2n) is 10.6. The SMILES string of the molecule is O=C([O-])c1cncc(C2=CCN(C(=O)C3CC3)CC2)c1.O=C([O-])c1cncc(C2=CCN(C(=O)C3CC3)CC2)c1.[Li+].[Li+]. The summed E-state index contributed by atoms with van der Waals surface area (Å²) in [6, 6.07) is 3.15. The molecule has 2 amide bonds. The van der Waals surface area contributed by atoms with Crippen LogP contribution in [-0.2, 0) is 9.59 Å². The van der Waals surface area contributed by atoms with E-state index >= 15 is 0 Å². The number of amides is 2. The van der Waals surface area contributed by atoms with Gasteiger partial charge in [-0.25, -0.2) is 0 Å². The van der Waals surface area contributed by atoms with Crippen molar-refractivity contribution in [3.63, 3.8) is 0 Å². The normalized spacial score (nSPS) is 17.7. The molecular weight excluding hydrogens is 526 g/mol. The molecule has 0 spiro atoms. The number of nitrogens with zero attached hydrogens (tertiary/aromatic N) is 4. The molecule has 2 aromatic rings. The molecule has 4 heterocycles. The third-order valence-corrected chi connectivity index (χ3v) is 7.58. The number of aromatic carboxylic acids is 2. The number of carboxylic acid groups (broad SMARTS) is 2. The molecule has 10 nitrogen and oxygen atoms in total. The van der Waals surface area contributed by atoms with E-state index in [1.807, 2.05) is 22.0 Å². The van der Waals surface area contributed by atoms with Gasteiger partial charge in [0.25, 0.3) is 0 Å². The molecule has 208 valence electrons. The van der Waals surface area contributed by atoms with E-state index in [0.29, 0.717) is 26.2 Å². The van der Waals surface area contributed by atoms with Crippen molar-refractivity contribution < 1.29 is 67.1 Å².